The second kappa shape index (κ2) is 5.58. The normalized spacial score (nSPS) is 12.1. The Hall–Kier alpha value is -1.97. The van der Waals surface area contributed by atoms with Gasteiger partial charge in [-0.2, -0.15) is 0 Å². The lowest BCUT2D eigenvalue weighted by Gasteiger charge is -2.13. The van der Waals surface area contributed by atoms with Gasteiger partial charge in [0.05, 0.1) is 0 Å². The number of carbonyl (C=O) groups excluding carboxylic acids is 1. The number of hydrogen-bond acceptors (Lipinski definition) is 3. The standard InChI is InChI=1S/C15H14O3/c1-18-15(17)13-10-6-5-9-12(13)14(16)11-7-3-2-4-8-11/h2-10,15,17H,1H3. The molecule has 0 saturated carbocycles. The van der Waals surface area contributed by atoms with Crippen molar-refractivity contribution in [3.05, 3.63) is 71.3 Å². The van der Waals surface area contributed by atoms with E-state index in [0.29, 0.717) is 16.7 Å². The molecule has 3 nitrogen and oxygen atoms in total. The van der Waals surface area contributed by atoms with Crippen LogP contribution in [0.25, 0.3) is 0 Å². The van der Waals surface area contributed by atoms with Crippen molar-refractivity contribution < 1.29 is 14.6 Å². The van der Waals surface area contributed by atoms with E-state index in [2.05, 4.69) is 0 Å². The molecule has 3 heteroatoms. The summed E-state index contributed by atoms with van der Waals surface area (Å²) in [6.45, 7) is 0. The first-order chi connectivity index (χ1) is 8.74. The zero-order valence-corrected chi connectivity index (χ0v) is 10.0. The van der Waals surface area contributed by atoms with Crippen LogP contribution in [-0.2, 0) is 4.74 Å². The first-order valence-electron chi connectivity index (χ1n) is 5.63. The topological polar surface area (TPSA) is 46.5 Å². The Morgan fingerprint density at radius 1 is 1.06 bits per heavy atom. The van der Waals surface area contributed by atoms with Gasteiger partial charge in [-0.15, -0.1) is 0 Å². The monoisotopic (exact) mass is 242 g/mol. The molecule has 2 rings (SSSR count). The minimum atomic E-state index is -1.09. The molecule has 0 aliphatic heterocycles. The first kappa shape index (κ1) is 12.5. The fraction of sp³-hybridized carbons (Fsp3) is 0.133. The fourth-order valence-electron chi connectivity index (χ4n) is 1.79. The number of rotatable bonds is 4. The Kier molecular flexibility index (Phi) is 3.87. The number of hydrogen-bond donors (Lipinski definition) is 1. The quantitative estimate of drug-likeness (QED) is 0.662. The molecule has 0 heterocycles. The smallest absolute Gasteiger partial charge is 0.193 e. The van der Waals surface area contributed by atoms with E-state index in [1.807, 2.05) is 18.2 Å². The molecule has 0 aromatic heterocycles. The zero-order valence-electron chi connectivity index (χ0n) is 10.0. The Morgan fingerprint density at radius 3 is 2.33 bits per heavy atom. The van der Waals surface area contributed by atoms with Gasteiger partial charge in [0.1, 0.15) is 0 Å². The molecule has 0 amide bonds. The average molecular weight is 242 g/mol. The van der Waals surface area contributed by atoms with Crippen molar-refractivity contribution in [3.8, 4) is 0 Å². The van der Waals surface area contributed by atoms with Crippen LogP contribution in [0.4, 0.5) is 0 Å². The van der Waals surface area contributed by atoms with E-state index < -0.39 is 6.29 Å². The van der Waals surface area contributed by atoms with E-state index >= 15 is 0 Å². The predicted octanol–water partition coefficient (Wildman–Crippen LogP) is 2.55. The number of aliphatic hydroxyl groups is 1. The molecule has 0 aliphatic carbocycles. The molecule has 2 aromatic carbocycles. The largest absolute Gasteiger partial charge is 0.364 e. The maximum Gasteiger partial charge on any atom is 0.193 e. The lowest BCUT2D eigenvalue weighted by Crippen LogP contribution is -2.09. The third kappa shape index (κ3) is 2.47. The third-order valence-electron chi connectivity index (χ3n) is 2.73. The van der Waals surface area contributed by atoms with Gasteiger partial charge < -0.3 is 9.84 Å². The minimum absolute atomic E-state index is 0.123. The SMILES string of the molecule is COC(O)c1ccccc1C(=O)c1ccccc1. The maximum absolute atomic E-state index is 12.3. The summed E-state index contributed by atoms with van der Waals surface area (Å²) < 4.78 is 4.87. The predicted molar refractivity (Wildman–Crippen MR) is 68.3 cm³/mol. The van der Waals surface area contributed by atoms with Gasteiger partial charge in [-0.25, -0.2) is 0 Å². The van der Waals surface area contributed by atoms with E-state index in [-0.39, 0.29) is 5.78 Å². The van der Waals surface area contributed by atoms with E-state index in [4.69, 9.17) is 4.74 Å². The molecule has 0 aliphatic rings. The number of ketones is 1. The lowest BCUT2D eigenvalue weighted by molar-refractivity contribution is -0.0772. The van der Waals surface area contributed by atoms with Gasteiger partial charge in [0.2, 0.25) is 0 Å². The molecule has 0 radical (unpaired) electrons. The van der Waals surface area contributed by atoms with E-state index in [9.17, 15) is 9.90 Å². The maximum atomic E-state index is 12.3. The number of aliphatic hydroxyl groups excluding tert-OH is 1. The highest BCUT2D eigenvalue weighted by atomic mass is 16.6. The Labute approximate surface area is 106 Å². The van der Waals surface area contributed by atoms with Crippen LogP contribution in [0.1, 0.15) is 27.8 Å². The molecule has 92 valence electrons. The molecule has 1 unspecified atom stereocenters. The van der Waals surface area contributed by atoms with Crippen molar-refractivity contribution in [1.29, 1.82) is 0 Å². The van der Waals surface area contributed by atoms with Crippen LogP contribution in [0.5, 0.6) is 0 Å². The van der Waals surface area contributed by atoms with Crippen molar-refractivity contribution in [2.45, 2.75) is 6.29 Å². The second-order valence-corrected chi connectivity index (χ2v) is 3.87. The van der Waals surface area contributed by atoms with Crippen molar-refractivity contribution in [2.24, 2.45) is 0 Å². The Morgan fingerprint density at radius 2 is 1.67 bits per heavy atom. The Bertz CT molecular complexity index is 534. The summed E-state index contributed by atoms with van der Waals surface area (Å²) in [4.78, 5) is 12.3. The highest BCUT2D eigenvalue weighted by Gasteiger charge is 2.17. The molecule has 0 bridgehead atoms. The molecule has 0 saturated heterocycles. The van der Waals surface area contributed by atoms with Crippen LogP contribution in [0.15, 0.2) is 54.6 Å². The molecular weight excluding hydrogens is 228 g/mol. The van der Waals surface area contributed by atoms with E-state index in [1.165, 1.54) is 7.11 Å². The van der Waals surface area contributed by atoms with Gasteiger partial charge in [0.25, 0.3) is 0 Å². The van der Waals surface area contributed by atoms with Crippen molar-refractivity contribution in [2.75, 3.05) is 7.11 Å². The molecular formula is C15H14O3. The van der Waals surface area contributed by atoms with Gasteiger partial charge >= 0.3 is 0 Å². The molecule has 2 aromatic rings. The summed E-state index contributed by atoms with van der Waals surface area (Å²) in [5, 5.41) is 9.73. The summed E-state index contributed by atoms with van der Waals surface area (Å²) in [7, 11) is 1.40. The summed E-state index contributed by atoms with van der Waals surface area (Å²) in [6, 6.07) is 15.9. The van der Waals surface area contributed by atoms with Crippen molar-refractivity contribution >= 4 is 5.78 Å². The highest BCUT2D eigenvalue weighted by Crippen LogP contribution is 2.21. The van der Waals surface area contributed by atoms with E-state index in [0.717, 1.165) is 0 Å². The van der Waals surface area contributed by atoms with Gasteiger partial charge in [-0.3, -0.25) is 4.79 Å². The summed E-state index contributed by atoms with van der Waals surface area (Å²) in [6.07, 6.45) is -1.09. The third-order valence-corrected chi connectivity index (χ3v) is 2.73. The van der Waals surface area contributed by atoms with Crippen LogP contribution >= 0.6 is 0 Å². The second-order valence-electron chi connectivity index (χ2n) is 3.87. The molecule has 18 heavy (non-hydrogen) atoms. The van der Waals surface area contributed by atoms with Crippen molar-refractivity contribution in [1.82, 2.24) is 0 Å². The minimum Gasteiger partial charge on any atom is -0.364 e. The van der Waals surface area contributed by atoms with Gasteiger partial charge in [0.15, 0.2) is 12.1 Å². The Balaban J connectivity index is 2.43. The van der Waals surface area contributed by atoms with Gasteiger partial charge in [-0.1, -0.05) is 54.6 Å². The van der Waals surface area contributed by atoms with Gasteiger partial charge in [-0.05, 0) is 0 Å². The van der Waals surface area contributed by atoms with Crippen LogP contribution in [-0.4, -0.2) is 18.0 Å². The van der Waals surface area contributed by atoms with Crippen LogP contribution in [0.2, 0.25) is 0 Å². The number of ether oxygens (including phenoxy) is 1. The van der Waals surface area contributed by atoms with Crippen molar-refractivity contribution in [3.63, 3.8) is 0 Å². The summed E-state index contributed by atoms with van der Waals surface area (Å²) >= 11 is 0. The number of carbonyl (C=O) groups is 1. The number of methoxy groups -OCH3 is 1. The molecule has 0 spiro atoms. The van der Waals surface area contributed by atoms with E-state index in [1.54, 1.807) is 36.4 Å². The van der Waals surface area contributed by atoms with Crippen LogP contribution < -0.4 is 0 Å². The lowest BCUT2D eigenvalue weighted by atomic mass is 9.98. The first-order valence-corrected chi connectivity index (χ1v) is 5.63. The number of benzene rings is 2. The molecule has 1 N–H and O–H groups in total. The molecule has 0 fully saturated rings. The fourth-order valence-corrected chi connectivity index (χ4v) is 1.79. The highest BCUT2D eigenvalue weighted by molar-refractivity contribution is 6.09. The van der Waals surface area contributed by atoms with Crippen LogP contribution in [0, 0.1) is 0 Å². The zero-order chi connectivity index (χ0) is 13.0. The summed E-state index contributed by atoms with van der Waals surface area (Å²) in [5.74, 6) is -0.123. The summed E-state index contributed by atoms with van der Waals surface area (Å²) in [5.41, 5.74) is 1.53. The van der Waals surface area contributed by atoms with Crippen LogP contribution in [0.3, 0.4) is 0 Å². The molecule has 1 atom stereocenters. The van der Waals surface area contributed by atoms with Gasteiger partial charge in [0, 0.05) is 23.8 Å². The average Bonchev–Trinajstić information content (AvgIpc) is 2.46.